The molecule has 0 N–H and O–H groups in total. The molecule has 6 rings (SSSR count). The van der Waals surface area contributed by atoms with Gasteiger partial charge in [0.2, 0.25) is 0 Å². The maximum Gasteiger partial charge on any atom is 0.318 e. The minimum atomic E-state index is -2.33. The van der Waals surface area contributed by atoms with Crippen LogP contribution < -0.4 is 9.64 Å². The average Bonchev–Trinajstić information content (AvgIpc) is 3.56. The van der Waals surface area contributed by atoms with Crippen molar-refractivity contribution < 1.29 is 18.0 Å². The zero-order valence-electron chi connectivity index (χ0n) is 26.7. The van der Waals surface area contributed by atoms with E-state index in [4.69, 9.17) is 30.4 Å². The molecule has 0 bridgehead atoms. The van der Waals surface area contributed by atoms with Crippen molar-refractivity contribution >= 4 is 28.9 Å². The number of piperazine rings is 1. The number of allylic oxidation sites excluding steroid dienone is 2. The molecule has 2 aliphatic carbocycles. The number of fused-ring (bicyclic) bond motifs is 3. The number of amides is 1. The third-order valence-corrected chi connectivity index (χ3v) is 9.59. The van der Waals surface area contributed by atoms with E-state index in [1.165, 1.54) is 4.90 Å². The lowest BCUT2D eigenvalue weighted by atomic mass is 9.70. The number of rotatable bonds is 6. The largest absolute Gasteiger partial charge is 0.462 e. The summed E-state index contributed by atoms with van der Waals surface area (Å²) in [7, 11) is 2.07. The predicted molar refractivity (Wildman–Crippen MR) is 160 cm³/mol. The fourth-order valence-electron chi connectivity index (χ4n) is 7.06. The van der Waals surface area contributed by atoms with Crippen LogP contribution in [0.2, 0.25) is 5.02 Å². The first kappa shape index (κ1) is 25.1. The Balaban J connectivity index is 1.39. The normalized spacial score (nSPS) is 26.5. The molecule has 0 saturated carbocycles. The summed E-state index contributed by atoms with van der Waals surface area (Å²) in [4.78, 5) is 28.0. The van der Waals surface area contributed by atoms with Gasteiger partial charge in [-0.25, -0.2) is 4.39 Å². The molecular weight excluding hydrogens is 555 g/mol. The molecule has 1 aromatic carbocycles. The summed E-state index contributed by atoms with van der Waals surface area (Å²) in [5.74, 6) is -1.19. The molecule has 2 aliphatic heterocycles. The van der Waals surface area contributed by atoms with Gasteiger partial charge >= 0.3 is 6.01 Å². The number of carbonyl (C=O) groups is 1. The van der Waals surface area contributed by atoms with Gasteiger partial charge in [-0.2, -0.15) is 15.2 Å². The molecule has 4 aliphatic rings. The maximum absolute atomic E-state index is 13.8. The van der Waals surface area contributed by atoms with E-state index in [2.05, 4.69) is 24.6 Å². The van der Waals surface area contributed by atoms with Gasteiger partial charge in [0.05, 0.1) is 24.2 Å². The number of anilines is 1. The number of aromatic nitrogens is 2. The molecule has 1 aromatic heterocycles. The number of nitriles is 1. The second-order valence-electron chi connectivity index (χ2n) is 11.8. The molecule has 2 aromatic rings. The number of halogens is 2. The van der Waals surface area contributed by atoms with E-state index in [9.17, 15) is 14.4 Å². The van der Waals surface area contributed by atoms with Crippen molar-refractivity contribution in [1.82, 2.24) is 19.8 Å². The smallest absolute Gasteiger partial charge is 0.318 e. The summed E-state index contributed by atoms with van der Waals surface area (Å²) < 4.78 is 44.8. The number of carbonyl (C=O) groups excluding carboxylic acids is 1. The van der Waals surface area contributed by atoms with Gasteiger partial charge in [0.15, 0.2) is 5.83 Å². The third kappa shape index (κ3) is 5.05. The third-order valence-electron chi connectivity index (χ3n) is 9.27. The second kappa shape index (κ2) is 11.3. The lowest BCUT2D eigenvalue weighted by molar-refractivity contribution is -0.131. The number of benzene rings is 1. The van der Waals surface area contributed by atoms with Crippen molar-refractivity contribution in [3.63, 3.8) is 0 Å². The fourth-order valence-corrected chi connectivity index (χ4v) is 7.34. The Hall–Kier alpha value is -3.48. The average molecular weight is 594 g/mol. The Kier molecular flexibility index (Phi) is 6.75. The van der Waals surface area contributed by atoms with Gasteiger partial charge in [-0.1, -0.05) is 36.4 Å². The summed E-state index contributed by atoms with van der Waals surface area (Å²) >= 11 is 6.61. The van der Waals surface area contributed by atoms with Crippen LogP contribution in [0.25, 0.3) is 5.57 Å². The topological polar surface area (TPSA) is 85.6 Å². The number of likely N-dealkylation sites (N-methyl/N-ethyl adjacent to an activating group) is 1. The van der Waals surface area contributed by atoms with E-state index in [1.54, 1.807) is 6.07 Å². The minimum Gasteiger partial charge on any atom is -0.462 e. The quantitative estimate of drug-likeness (QED) is 0.442. The second-order valence-corrected chi connectivity index (χ2v) is 12.2. The Morgan fingerprint density at radius 3 is 2.93 bits per heavy atom. The summed E-state index contributed by atoms with van der Waals surface area (Å²) in [6.07, 6.45) is 5.64. The van der Waals surface area contributed by atoms with E-state index in [0.717, 1.165) is 36.2 Å². The zero-order valence-corrected chi connectivity index (χ0v) is 24.5. The highest BCUT2D eigenvalue weighted by atomic mass is 35.5. The molecular formula is C32H36ClFN6O2. The van der Waals surface area contributed by atoms with Crippen LogP contribution in [-0.4, -0.2) is 77.6 Å². The van der Waals surface area contributed by atoms with Gasteiger partial charge in [0.1, 0.15) is 12.4 Å². The number of ether oxygens (including phenoxy) is 1. The van der Waals surface area contributed by atoms with Crippen LogP contribution in [0.5, 0.6) is 6.01 Å². The Morgan fingerprint density at radius 1 is 1.33 bits per heavy atom. The molecule has 3 atom stereocenters. The minimum absolute atomic E-state index is 0.0313. The molecule has 10 heteroatoms. The van der Waals surface area contributed by atoms with Crippen LogP contribution in [0.1, 0.15) is 59.0 Å². The van der Waals surface area contributed by atoms with Crippen molar-refractivity contribution in [3.8, 4) is 12.1 Å². The van der Waals surface area contributed by atoms with Crippen molar-refractivity contribution in [3.05, 3.63) is 64.1 Å². The van der Waals surface area contributed by atoms with Crippen LogP contribution in [0, 0.1) is 11.3 Å². The van der Waals surface area contributed by atoms with Crippen LogP contribution in [0.15, 0.2) is 36.7 Å². The van der Waals surface area contributed by atoms with Gasteiger partial charge in [0, 0.05) is 52.2 Å². The summed E-state index contributed by atoms with van der Waals surface area (Å²) in [5.41, 5.74) is 2.80. The number of likely N-dealkylation sites (tertiary alicyclic amines) is 1. The molecule has 1 amide bonds. The Morgan fingerprint density at radius 2 is 2.19 bits per heavy atom. The first-order valence-electron chi connectivity index (χ1n) is 15.9. The first-order valence-corrected chi connectivity index (χ1v) is 14.8. The van der Waals surface area contributed by atoms with E-state index in [1.807, 2.05) is 23.1 Å². The van der Waals surface area contributed by atoms with Crippen LogP contribution in [0.4, 0.5) is 10.2 Å². The predicted octanol–water partition coefficient (Wildman–Crippen LogP) is 4.86. The van der Waals surface area contributed by atoms with Crippen LogP contribution in [-0.2, 0) is 23.1 Å². The van der Waals surface area contributed by atoms with E-state index in [0.29, 0.717) is 48.8 Å². The molecule has 220 valence electrons. The molecule has 42 heavy (non-hydrogen) atoms. The van der Waals surface area contributed by atoms with Gasteiger partial charge < -0.3 is 19.4 Å². The van der Waals surface area contributed by atoms with Crippen LogP contribution >= 0.6 is 11.6 Å². The summed E-state index contributed by atoms with van der Waals surface area (Å²) in [5, 5.41) is 9.93. The maximum atomic E-state index is 13.8. The van der Waals surface area contributed by atoms with E-state index < -0.39 is 30.0 Å². The molecule has 2 fully saturated rings. The first-order chi connectivity index (χ1) is 21.4. The molecule has 8 nitrogen and oxygen atoms in total. The van der Waals surface area contributed by atoms with Crippen molar-refractivity contribution in [2.75, 3.05) is 44.7 Å². The SMILES string of the molecule is [2H]C([2H])([2H])C1=C[C@]2(CCc3c(nc(OC[C@@H]4CCCN4C)nc3N3CCN(C(=O)C(=C)F)[C@@H](CC#N)C3)C2)c2cccc(Cl)c21. The fraction of sp³-hybridized carbons (Fsp3) is 0.500. The lowest BCUT2D eigenvalue weighted by Gasteiger charge is -2.42. The van der Waals surface area contributed by atoms with E-state index in [-0.39, 0.29) is 37.1 Å². The monoisotopic (exact) mass is 593 g/mol. The van der Waals surface area contributed by atoms with Gasteiger partial charge in [-0.3, -0.25) is 4.79 Å². The van der Waals surface area contributed by atoms with Crippen molar-refractivity contribution in [2.24, 2.45) is 0 Å². The Labute approximate surface area is 255 Å². The molecule has 0 radical (unpaired) electrons. The Bertz CT molecular complexity index is 1610. The molecule has 0 unspecified atom stereocenters. The van der Waals surface area contributed by atoms with Gasteiger partial charge in [-0.05, 0) is 68.9 Å². The number of hydrogen-bond acceptors (Lipinski definition) is 7. The molecule has 2 saturated heterocycles. The van der Waals surface area contributed by atoms with Gasteiger partial charge in [0.25, 0.3) is 5.91 Å². The van der Waals surface area contributed by atoms with Gasteiger partial charge in [-0.15, -0.1) is 0 Å². The summed E-state index contributed by atoms with van der Waals surface area (Å²) in [6, 6.07) is 7.60. The highest BCUT2D eigenvalue weighted by Crippen LogP contribution is 2.50. The number of nitrogens with zero attached hydrogens (tertiary/aromatic N) is 6. The standard InChI is InChI=1S/C32H36ClFN6O2/c1-20-16-32(25-7-4-8-26(33)28(20)25)11-9-24-27(17-32)36-31(42-19-23-6-5-13-38(23)3)37-29(24)39-14-15-40(30(41)21(2)34)22(18-39)10-12-35/h4,7-8,16,22-23H,2,5-6,9-11,13-15,17-19H2,1,3H3/t22-,23-,32-/m0/s1/i1D3. The van der Waals surface area contributed by atoms with Crippen molar-refractivity contribution in [2.45, 2.75) is 62.9 Å². The van der Waals surface area contributed by atoms with Crippen molar-refractivity contribution in [1.29, 1.82) is 5.26 Å². The molecule has 3 heterocycles. The highest BCUT2D eigenvalue weighted by Gasteiger charge is 2.43. The van der Waals surface area contributed by atoms with E-state index >= 15 is 0 Å². The molecule has 1 spiro atoms. The van der Waals surface area contributed by atoms with Crippen LogP contribution in [0.3, 0.4) is 0 Å². The summed E-state index contributed by atoms with van der Waals surface area (Å²) in [6.45, 7) is 3.13. The number of hydrogen-bond donors (Lipinski definition) is 0. The highest BCUT2D eigenvalue weighted by molar-refractivity contribution is 6.32. The lowest BCUT2D eigenvalue weighted by Crippen LogP contribution is -2.55. The zero-order chi connectivity index (χ0) is 32.1.